The van der Waals surface area contributed by atoms with E-state index in [1.807, 2.05) is 21.1 Å². The van der Waals surface area contributed by atoms with Crippen LogP contribution in [0.15, 0.2) is 48.6 Å². The van der Waals surface area contributed by atoms with Crippen LogP contribution in [0.4, 0.5) is 0 Å². The highest BCUT2D eigenvalue weighted by molar-refractivity contribution is 5.71. The predicted molar refractivity (Wildman–Crippen MR) is 327 cm³/mol. The van der Waals surface area contributed by atoms with Gasteiger partial charge in [0.15, 0.2) is 6.10 Å². The van der Waals surface area contributed by atoms with Crippen LogP contribution >= 0.6 is 0 Å². The number of likely N-dealkylation sites (N-methyl/N-ethyl adjacent to an activating group) is 1. The van der Waals surface area contributed by atoms with E-state index in [1.165, 1.54) is 218 Å². The van der Waals surface area contributed by atoms with Gasteiger partial charge in [-0.25, -0.2) is 4.79 Å². The van der Waals surface area contributed by atoms with Gasteiger partial charge < -0.3 is 28.5 Å². The third-order valence-corrected chi connectivity index (χ3v) is 14.6. The molecule has 0 saturated heterocycles. The lowest BCUT2D eigenvalue weighted by Crippen LogP contribution is -2.40. The maximum atomic E-state index is 12.9. The summed E-state index contributed by atoms with van der Waals surface area (Å²) in [6.45, 7) is 4.82. The van der Waals surface area contributed by atoms with E-state index in [2.05, 4.69) is 62.5 Å². The third-order valence-electron chi connectivity index (χ3n) is 14.6. The highest BCUT2D eigenvalue weighted by Crippen LogP contribution is 2.18. The molecule has 0 bridgehead atoms. The molecule has 0 saturated carbocycles. The summed E-state index contributed by atoms with van der Waals surface area (Å²) in [4.78, 5) is 37.5. The Morgan fingerprint density at radius 2 is 0.740 bits per heavy atom. The van der Waals surface area contributed by atoms with Crippen molar-refractivity contribution in [2.45, 2.75) is 322 Å². The quantitative estimate of drug-likeness (QED) is 0.0211. The number of hydrogen-bond donors (Lipinski definition) is 1. The van der Waals surface area contributed by atoms with E-state index < -0.39 is 18.4 Å². The molecule has 0 rings (SSSR count). The number of hydrogen-bond acceptors (Lipinski definition) is 7. The zero-order chi connectivity index (χ0) is 56.2. The molecule has 0 fully saturated rings. The predicted octanol–water partition coefficient (Wildman–Crippen LogP) is 19.8. The van der Waals surface area contributed by atoms with Crippen molar-refractivity contribution in [3.8, 4) is 0 Å². The normalized spacial score (nSPS) is 13.0. The first-order chi connectivity index (χ1) is 37.6. The van der Waals surface area contributed by atoms with Gasteiger partial charge in [0.2, 0.25) is 0 Å². The molecule has 0 heterocycles. The second-order valence-electron chi connectivity index (χ2n) is 23.4. The number of carboxylic acids is 1. The Morgan fingerprint density at radius 1 is 0.403 bits per heavy atom. The molecule has 450 valence electrons. The van der Waals surface area contributed by atoms with Gasteiger partial charge in [0.1, 0.15) is 13.2 Å². The summed E-state index contributed by atoms with van der Waals surface area (Å²) >= 11 is 0. The van der Waals surface area contributed by atoms with Crippen molar-refractivity contribution in [1.82, 2.24) is 0 Å². The van der Waals surface area contributed by atoms with Gasteiger partial charge in [-0.1, -0.05) is 294 Å². The van der Waals surface area contributed by atoms with Gasteiger partial charge in [-0.3, -0.25) is 9.59 Å². The van der Waals surface area contributed by atoms with Crippen molar-refractivity contribution in [2.75, 3.05) is 47.5 Å². The number of esters is 2. The van der Waals surface area contributed by atoms with Crippen molar-refractivity contribution in [3.63, 3.8) is 0 Å². The average Bonchev–Trinajstić information content (AvgIpc) is 3.40. The first kappa shape index (κ1) is 74.2. The number of aliphatic carboxylic acids is 1. The van der Waals surface area contributed by atoms with Crippen molar-refractivity contribution >= 4 is 17.9 Å². The van der Waals surface area contributed by atoms with Crippen molar-refractivity contribution in [3.05, 3.63) is 48.6 Å². The minimum Gasteiger partial charge on any atom is -0.477 e. The van der Waals surface area contributed by atoms with E-state index in [0.29, 0.717) is 17.4 Å². The van der Waals surface area contributed by atoms with Crippen LogP contribution in [0.1, 0.15) is 309 Å². The standard InChI is InChI=1S/C68H125NO8/c1-6-8-10-12-14-16-18-20-22-24-25-26-27-28-29-30-31-32-33-34-35-36-37-38-39-40-41-43-45-47-49-51-53-55-57-59-66(71)77-64(63-76-68(67(72)73)74-61-60-69(3,4)5)62-75-65(70)58-56-54-52-50-48-46-44-42-23-21-19-17-15-13-11-9-7-2/h8,10,14,16,20,22,25-26,64,68H,6-7,9,11-13,15,17-19,21,23-24,27-63H2,1-5H3/p+1/b10-8-,16-14-,22-20-,26-25-. The van der Waals surface area contributed by atoms with E-state index in [-0.39, 0.29) is 38.2 Å². The highest BCUT2D eigenvalue weighted by atomic mass is 16.7. The molecule has 9 heteroatoms. The SMILES string of the molecule is CC/C=C\C/C=C\C/C=C\C/C=C\CCCCCCCCCCCCCCCCCCCCCCCCC(=O)OC(COC(=O)CCCCCCCCCCCCCCCCCCC)COC(OCC[N+](C)(C)C)C(=O)O. The molecule has 1 N–H and O–H groups in total. The summed E-state index contributed by atoms with van der Waals surface area (Å²) < 4.78 is 22.9. The van der Waals surface area contributed by atoms with Crippen molar-refractivity contribution < 1.29 is 42.9 Å². The summed E-state index contributed by atoms with van der Waals surface area (Å²) in [7, 11) is 5.98. The lowest BCUT2D eigenvalue weighted by atomic mass is 10.0. The topological polar surface area (TPSA) is 108 Å². The molecule has 0 aliphatic carbocycles. The van der Waals surface area contributed by atoms with Crippen LogP contribution in [0.2, 0.25) is 0 Å². The first-order valence-corrected chi connectivity index (χ1v) is 32.8. The van der Waals surface area contributed by atoms with Crippen molar-refractivity contribution in [2.24, 2.45) is 0 Å². The van der Waals surface area contributed by atoms with Gasteiger partial charge in [0.25, 0.3) is 6.29 Å². The molecule has 0 aliphatic rings. The zero-order valence-electron chi connectivity index (χ0n) is 51.4. The number of carbonyl (C=O) groups excluding carboxylic acids is 2. The molecule has 0 spiro atoms. The van der Waals surface area contributed by atoms with Crippen molar-refractivity contribution in [1.29, 1.82) is 0 Å². The Balaban J connectivity index is 4.02. The number of quaternary nitrogens is 1. The van der Waals surface area contributed by atoms with Gasteiger partial charge in [-0.2, -0.15) is 0 Å². The van der Waals surface area contributed by atoms with Crippen LogP contribution in [0, 0.1) is 0 Å². The molecule has 2 unspecified atom stereocenters. The number of unbranched alkanes of at least 4 members (excludes halogenated alkanes) is 38. The lowest BCUT2D eigenvalue weighted by molar-refractivity contribution is -0.870. The maximum absolute atomic E-state index is 12.9. The van der Waals surface area contributed by atoms with E-state index >= 15 is 0 Å². The van der Waals surface area contributed by atoms with E-state index in [0.717, 1.165) is 64.2 Å². The first-order valence-electron chi connectivity index (χ1n) is 32.8. The Labute approximate surface area is 476 Å². The summed E-state index contributed by atoms with van der Waals surface area (Å²) in [5.41, 5.74) is 0. The summed E-state index contributed by atoms with van der Waals surface area (Å²) in [6.07, 6.45) is 72.2. The number of nitrogens with zero attached hydrogens (tertiary/aromatic N) is 1. The maximum Gasteiger partial charge on any atom is 0.361 e. The highest BCUT2D eigenvalue weighted by Gasteiger charge is 2.25. The van der Waals surface area contributed by atoms with Crippen LogP contribution in [-0.4, -0.2) is 87.4 Å². The molecule has 0 aromatic heterocycles. The van der Waals surface area contributed by atoms with E-state index in [9.17, 15) is 19.5 Å². The molecule has 2 atom stereocenters. The van der Waals surface area contributed by atoms with Gasteiger partial charge in [0, 0.05) is 12.8 Å². The zero-order valence-corrected chi connectivity index (χ0v) is 51.4. The Morgan fingerprint density at radius 3 is 1.10 bits per heavy atom. The molecule has 0 radical (unpaired) electrons. The molecule has 0 aromatic rings. The fraction of sp³-hybridized carbons (Fsp3) is 0.838. The Kier molecular flexibility index (Phi) is 57.3. The average molecular weight is 1090 g/mol. The molecular weight excluding hydrogens is 959 g/mol. The third kappa shape index (κ3) is 60.7. The van der Waals surface area contributed by atoms with Gasteiger partial charge in [-0.05, 0) is 51.4 Å². The molecular formula is C68H126NO8+. The number of carboxylic acid groups (broad SMARTS) is 1. The Bertz CT molecular complexity index is 1400. The van der Waals surface area contributed by atoms with Crippen LogP contribution in [0.3, 0.4) is 0 Å². The van der Waals surface area contributed by atoms with Gasteiger partial charge >= 0.3 is 17.9 Å². The van der Waals surface area contributed by atoms with Gasteiger partial charge in [0.05, 0.1) is 34.4 Å². The minimum atomic E-state index is -1.51. The largest absolute Gasteiger partial charge is 0.477 e. The van der Waals surface area contributed by atoms with Crippen LogP contribution in [-0.2, 0) is 33.3 Å². The van der Waals surface area contributed by atoms with Crippen LogP contribution in [0.5, 0.6) is 0 Å². The monoisotopic (exact) mass is 1080 g/mol. The smallest absolute Gasteiger partial charge is 0.361 e. The van der Waals surface area contributed by atoms with E-state index in [1.54, 1.807) is 0 Å². The molecule has 0 amide bonds. The molecule has 77 heavy (non-hydrogen) atoms. The minimum absolute atomic E-state index is 0.176. The summed E-state index contributed by atoms with van der Waals surface area (Å²) in [5, 5.41) is 9.72. The fourth-order valence-electron chi connectivity index (χ4n) is 9.60. The second kappa shape index (κ2) is 59.4. The van der Waals surface area contributed by atoms with E-state index in [4.69, 9.17) is 18.9 Å². The number of carbonyl (C=O) groups is 3. The summed E-state index contributed by atoms with van der Waals surface area (Å²) in [5.74, 6) is -1.98. The number of ether oxygens (including phenoxy) is 4. The molecule has 0 aliphatic heterocycles. The Hall–Kier alpha value is -2.75. The number of rotatable bonds is 61. The molecule has 0 aromatic carbocycles. The van der Waals surface area contributed by atoms with Gasteiger partial charge in [-0.15, -0.1) is 0 Å². The van der Waals surface area contributed by atoms with Crippen LogP contribution < -0.4 is 0 Å². The summed E-state index contributed by atoms with van der Waals surface area (Å²) in [6, 6.07) is 0. The number of allylic oxidation sites excluding steroid dienone is 8. The molecule has 9 nitrogen and oxygen atoms in total. The fourth-order valence-corrected chi connectivity index (χ4v) is 9.60. The van der Waals surface area contributed by atoms with Crippen LogP contribution in [0.25, 0.3) is 0 Å². The second-order valence-corrected chi connectivity index (χ2v) is 23.4. The lowest BCUT2D eigenvalue weighted by Gasteiger charge is -2.25.